The molecule has 0 aromatic heterocycles. The van der Waals surface area contributed by atoms with Crippen LogP contribution in [0.4, 0.5) is 0 Å². The molecule has 1 fully saturated rings. The quantitative estimate of drug-likeness (QED) is 0.765. The van der Waals surface area contributed by atoms with E-state index in [2.05, 4.69) is 0 Å². The number of carboxylic acid groups (broad SMARTS) is 1. The summed E-state index contributed by atoms with van der Waals surface area (Å²) in [6.07, 6.45) is 0.220. The summed E-state index contributed by atoms with van der Waals surface area (Å²) in [5.74, 6) is -0.942. The largest absolute Gasteiger partial charge is 0.479 e. The van der Waals surface area contributed by atoms with Crippen molar-refractivity contribution in [2.24, 2.45) is 11.8 Å². The highest BCUT2D eigenvalue weighted by atomic mass is 16.4. The highest BCUT2D eigenvalue weighted by Gasteiger charge is 2.41. The first kappa shape index (κ1) is 14.0. The summed E-state index contributed by atoms with van der Waals surface area (Å²) in [5.41, 5.74) is -1.65. The van der Waals surface area contributed by atoms with Gasteiger partial charge in [0.05, 0.1) is 0 Å². The van der Waals surface area contributed by atoms with Gasteiger partial charge in [0.15, 0.2) is 5.60 Å². The maximum absolute atomic E-state index is 12.0. The monoisotopic (exact) mass is 243 g/mol. The Balaban J connectivity index is 2.58. The van der Waals surface area contributed by atoms with Gasteiger partial charge in [-0.25, -0.2) is 4.79 Å². The summed E-state index contributed by atoms with van der Waals surface area (Å²) in [4.78, 5) is 24.5. The predicted octanol–water partition coefficient (Wildman–Crippen LogP) is 0.717. The molecule has 1 atom stereocenters. The molecule has 0 saturated carbocycles. The molecule has 2 N–H and O–H groups in total. The molecule has 1 rings (SSSR count). The van der Waals surface area contributed by atoms with Gasteiger partial charge in [-0.05, 0) is 5.92 Å². The molecule has 5 nitrogen and oxygen atoms in total. The number of carbonyl (C=O) groups is 2. The van der Waals surface area contributed by atoms with E-state index in [0.29, 0.717) is 13.1 Å². The third-order valence-electron chi connectivity index (χ3n) is 3.69. The fraction of sp³-hybridized carbons (Fsp3) is 0.833. The van der Waals surface area contributed by atoms with Crippen molar-refractivity contribution in [3.05, 3.63) is 0 Å². The number of hydrogen-bond acceptors (Lipinski definition) is 3. The number of piperidine rings is 1. The molecule has 1 amide bonds. The highest BCUT2D eigenvalue weighted by Crippen LogP contribution is 2.24. The summed E-state index contributed by atoms with van der Waals surface area (Å²) in [6.45, 7) is 6.49. The highest BCUT2D eigenvalue weighted by molar-refractivity contribution is 5.80. The molecule has 0 aromatic carbocycles. The van der Waals surface area contributed by atoms with Crippen LogP contribution in [0.1, 0.15) is 33.6 Å². The number of carboxylic acids is 1. The maximum Gasteiger partial charge on any atom is 0.335 e. The van der Waals surface area contributed by atoms with Crippen LogP contribution in [0.5, 0.6) is 0 Å². The van der Waals surface area contributed by atoms with Gasteiger partial charge in [0.25, 0.3) is 0 Å². The van der Waals surface area contributed by atoms with Gasteiger partial charge >= 0.3 is 5.97 Å². The fourth-order valence-corrected chi connectivity index (χ4v) is 1.88. The first-order chi connectivity index (χ1) is 7.78. The Kier molecular flexibility index (Phi) is 4.14. The van der Waals surface area contributed by atoms with Gasteiger partial charge in [0.2, 0.25) is 5.91 Å². The summed E-state index contributed by atoms with van der Waals surface area (Å²) in [6, 6.07) is 0. The molecular weight excluding hydrogens is 222 g/mol. The summed E-state index contributed by atoms with van der Waals surface area (Å²) in [5, 5.41) is 18.6. The van der Waals surface area contributed by atoms with Crippen LogP contribution in [0.3, 0.4) is 0 Å². The zero-order valence-electron chi connectivity index (χ0n) is 10.6. The molecule has 98 valence electrons. The lowest BCUT2D eigenvalue weighted by Crippen LogP contribution is -2.52. The summed E-state index contributed by atoms with van der Waals surface area (Å²) in [7, 11) is 0. The lowest BCUT2D eigenvalue weighted by atomic mass is 9.89. The van der Waals surface area contributed by atoms with E-state index in [1.165, 1.54) is 0 Å². The molecule has 1 aliphatic heterocycles. The van der Waals surface area contributed by atoms with Crippen molar-refractivity contribution in [2.75, 3.05) is 13.1 Å². The van der Waals surface area contributed by atoms with Gasteiger partial charge < -0.3 is 15.1 Å². The molecule has 17 heavy (non-hydrogen) atoms. The Morgan fingerprint density at radius 2 is 1.65 bits per heavy atom. The van der Waals surface area contributed by atoms with Gasteiger partial charge in [0, 0.05) is 31.8 Å². The van der Waals surface area contributed by atoms with Crippen LogP contribution in [0.15, 0.2) is 0 Å². The van der Waals surface area contributed by atoms with E-state index in [1.54, 1.807) is 4.90 Å². The first-order valence-electron chi connectivity index (χ1n) is 6.02. The Morgan fingerprint density at radius 3 is 2.00 bits per heavy atom. The van der Waals surface area contributed by atoms with Crippen molar-refractivity contribution < 1.29 is 19.8 Å². The van der Waals surface area contributed by atoms with Crippen LogP contribution < -0.4 is 0 Å². The van der Waals surface area contributed by atoms with Crippen LogP contribution in [-0.2, 0) is 9.59 Å². The van der Waals surface area contributed by atoms with E-state index in [1.807, 2.05) is 20.8 Å². The second-order valence-corrected chi connectivity index (χ2v) is 5.19. The Labute approximate surface area is 101 Å². The minimum atomic E-state index is -1.65. The predicted molar refractivity (Wildman–Crippen MR) is 62.4 cm³/mol. The molecule has 1 heterocycles. The van der Waals surface area contributed by atoms with E-state index in [4.69, 9.17) is 5.11 Å². The van der Waals surface area contributed by atoms with E-state index in [0.717, 1.165) is 0 Å². The minimum Gasteiger partial charge on any atom is -0.479 e. The molecule has 0 radical (unpaired) electrons. The number of likely N-dealkylation sites (tertiary alicyclic amines) is 1. The third kappa shape index (κ3) is 2.97. The van der Waals surface area contributed by atoms with Crippen molar-refractivity contribution in [1.82, 2.24) is 4.90 Å². The lowest BCUT2D eigenvalue weighted by Gasteiger charge is -2.37. The molecule has 1 saturated heterocycles. The summed E-state index contributed by atoms with van der Waals surface area (Å²) >= 11 is 0. The number of aliphatic carboxylic acids is 1. The van der Waals surface area contributed by atoms with Crippen molar-refractivity contribution in [3.63, 3.8) is 0 Å². The van der Waals surface area contributed by atoms with Gasteiger partial charge in [-0.15, -0.1) is 0 Å². The van der Waals surface area contributed by atoms with Gasteiger partial charge in [-0.1, -0.05) is 20.8 Å². The number of carbonyl (C=O) groups excluding carboxylic acids is 1. The Morgan fingerprint density at radius 1 is 1.18 bits per heavy atom. The van der Waals surface area contributed by atoms with Gasteiger partial charge in [0.1, 0.15) is 0 Å². The van der Waals surface area contributed by atoms with Crippen LogP contribution in [-0.4, -0.2) is 45.7 Å². The molecule has 0 bridgehead atoms. The molecule has 1 unspecified atom stereocenters. The normalized spacial score (nSPS) is 21.4. The standard InChI is InChI=1S/C12H21NO4/c1-8(2)9(3)10(14)13-6-4-12(17,5-7-13)11(15)16/h8-9,17H,4-7H2,1-3H3,(H,15,16). The molecule has 0 aliphatic carbocycles. The van der Waals surface area contributed by atoms with Crippen molar-refractivity contribution in [2.45, 2.75) is 39.2 Å². The van der Waals surface area contributed by atoms with Crippen molar-refractivity contribution in [3.8, 4) is 0 Å². The number of hydrogen-bond donors (Lipinski definition) is 2. The van der Waals surface area contributed by atoms with E-state index in [-0.39, 0.29) is 30.6 Å². The zero-order valence-corrected chi connectivity index (χ0v) is 10.6. The van der Waals surface area contributed by atoms with E-state index < -0.39 is 11.6 Å². The molecule has 0 aromatic rings. The number of nitrogens with zero attached hydrogens (tertiary/aromatic N) is 1. The second-order valence-electron chi connectivity index (χ2n) is 5.19. The smallest absolute Gasteiger partial charge is 0.335 e. The van der Waals surface area contributed by atoms with Crippen LogP contribution >= 0.6 is 0 Å². The third-order valence-corrected chi connectivity index (χ3v) is 3.69. The average molecular weight is 243 g/mol. The zero-order chi connectivity index (χ0) is 13.2. The number of amides is 1. The summed E-state index contributed by atoms with van der Waals surface area (Å²) < 4.78 is 0. The average Bonchev–Trinajstić information content (AvgIpc) is 2.27. The maximum atomic E-state index is 12.0. The topological polar surface area (TPSA) is 77.8 Å². The van der Waals surface area contributed by atoms with Gasteiger partial charge in [-0.3, -0.25) is 4.79 Å². The van der Waals surface area contributed by atoms with E-state index in [9.17, 15) is 14.7 Å². The molecule has 5 heteroatoms. The first-order valence-corrected chi connectivity index (χ1v) is 6.02. The number of rotatable bonds is 3. The molecule has 1 aliphatic rings. The van der Waals surface area contributed by atoms with Crippen molar-refractivity contribution in [1.29, 1.82) is 0 Å². The lowest BCUT2D eigenvalue weighted by molar-refractivity contribution is -0.166. The van der Waals surface area contributed by atoms with Crippen LogP contribution in [0, 0.1) is 11.8 Å². The minimum absolute atomic E-state index is 0.0486. The molecular formula is C12H21NO4. The fourth-order valence-electron chi connectivity index (χ4n) is 1.88. The molecule has 0 spiro atoms. The number of aliphatic hydroxyl groups is 1. The second kappa shape index (κ2) is 5.04. The van der Waals surface area contributed by atoms with E-state index >= 15 is 0 Å². The Bertz CT molecular complexity index is 306. The van der Waals surface area contributed by atoms with Crippen molar-refractivity contribution >= 4 is 11.9 Å². The van der Waals surface area contributed by atoms with Gasteiger partial charge in [-0.2, -0.15) is 0 Å². The Hall–Kier alpha value is -1.10. The van der Waals surface area contributed by atoms with Crippen LogP contribution in [0.25, 0.3) is 0 Å². The SMILES string of the molecule is CC(C)C(C)C(=O)N1CCC(O)(C(=O)O)CC1. The van der Waals surface area contributed by atoms with Crippen LogP contribution in [0.2, 0.25) is 0 Å².